The molecule has 20 nitrogen and oxygen atoms in total. The van der Waals surface area contributed by atoms with E-state index in [1.165, 1.54) is 42.5 Å². The van der Waals surface area contributed by atoms with Crippen molar-refractivity contribution >= 4 is 80.2 Å². The van der Waals surface area contributed by atoms with Crippen LogP contribution in [0.5, 0.6) is 0 Å². The van der Waals surface area contributed by atoms with E-state index >= 15 is 0 Å². The largest absolute Gasteiger partial charge is 0.324 e. The van der Waals surface area contributed by atoms with Crippen LogP contribution in [0.2, 0.25) is 0 Å². The van der Waals surface area contributed by atoms with Crippen LogP contribution in [0, 0.1) is 10.1 Å². The van der Waals surface area contributed by atoms with Gasteiger partial charge in [0, 0.05) is 55.9 Å². The molecule has 0 saturated carbocycles. The Labute approximate surface area is 341 Å². The SMILES string of the molecule is O=[N+]([O-])c1ccc(-c2ccc3c4nc5nc(nc6nc(nc7[nH]c(nc([nH]4)c3c2)c2ccc(S(=O)(=O)O)cc72)-c2ccc(S(=O)(=O)O)cc2-6)-c2ccc(S(=O)(=O)O)cc2-5)cc1. The maximum Gasteiger partial charge on any atom is 0.294 e. The summed E-state index contributed by atoms with van der Waals surface area (Å²) in [5.41, 5.74) is 2.39. The first-order valence-corrected chi connectivity index (χ1v) is 21.8. The number of nitro groups is 1. The highest BCUT2D eigenvalue weighted by Crippen LogP contribution is 2.40. The van der Waals surface area contributed by atoms with Gasteiger partial charge in [-0.1, -0.05) is 6.07 Å². The van der Waals surface area contributed by atoms with Crippen molar-refractivity contribution in [2.75, 3.05) is 0 Å². The Morgan fingerprint density at radius 2 is 0.820 bits per heavy atom. The number of aromatic nitrogens is 8. The van der Waals surface area contributed by atoms with E-state index in [1.54, 1.807) is 30.3 Å². The second-order valence-electron chi connectivity index (χ2n) is 13.7. The van der Waals surface area contributed by atoms with E-state index in [-0.39, 0.29) is 79.2 Å². The lowest BCUT2D eigenvalue weighted by Crippen LogP contribution is -1.98. The number of nitro benzene ring substituents is 1. The highest BCUT2D eigenvalue weighted by atomic mass is 32.2. The zero-order valence-electron chi connectivity index (χ0n) is 30.2. The van der Waals surface area contributed by atoms with E-state index in [2.05, 4.69) is 24.9 Å². The average molecular weight is 876 g/mol. The second-order valence-corrected chi connectivity index (χ2v) is 18.0. The zero-order chi connectivity index (χ0) is 42.7. The first kappa shape index (κ1) is 37.8. The van der Waals surface area contributed by atoms with E-state index in [9.17, 15) is 49.0 Å². The lowest BCUT2D eigenvalue weighted by molar-refractivity contribution is -0.384. The summed E-state index contributed by atoms with van der Waals surface area (Å²) in [4.78, 5) is 44.0. The Kier molecular flexibility index (Phi) is 8.09. The smallest absolute Gasteiger partial charge is 0.294 e. The van der Waals surface area contributed by atoms with Crippen molar-refractivity contribution < 1.29 is 43.8 Å². The van der Waals surface area contributed by atoms with Gasteiger partial charge >= 0.3 is 0 Å². The fraction of sp³-hybridized carbons (Fsp3) is 0. The van der Waals surface area contributed by atoms with Crippen LogP contribution in [0.4, 0.5) is 5.69 Å². The number of nitrogens with one attached hydrogen (secondary N) is 2. The summed E-state index contributed by atoms with van der Waals surface area (Å²) in [6, 6.07) is 22.1. The van der Waals surface area contributed by atoms with E-state index < -0.39 is 50.0 Å². The molecule has 10 rings (SSSR count). The van der Waals surface area contributed by atoms with Crippen LogP contribution in [0.15, 0.2) is 112 Å². The maximum absolute atomic E-state index is 12.3. The first-order chi connectivity index (χ1) is 28.9. The van der Waals surface area contributed by atoms with Crippen LogP contribution in [-0.4, -0.2) is 83.7 Å². The molecule has 2 aliphatic heterocycles. The fourth-order valence-electron chi connectivity index (χ4n) is 7.17. The van der Waals surface area contributed by atoms with Gasteiger partial charge in [-0.15, -0.1) is 0 Å². The molecule has 5 N–H and O–H groups in total. The van der Waals surface area contributed by atoms with E-state index in [4.69, 9.17) is 15.0 Å². The predicted octanol–water partition coefficient (Wildman–Crippen LogP) is 6.18. The van der Waals surface area contributed by atoms with Crippen LogP contribution in [0.3, 0.4) is 0 Å². The number of benzene rings is 5. The Morgan fingerprint density at radius 3 is 1.36 bits per heavy atom. The van der Waals surface area contributed by atoms with Crippen molar-refractivity contribution in [1.82, 2.24) is 39.9 Å². The van der Waals surface area contributed by atoms with Gasteiger partial charge in [-0.25, -0.2) is 29.9 Å². The number of non-ortho nitro benzene ring substituents is 1. The van der Waals surface area contributed by atoms with Crippen LogP contribution in [0.1, 0.15) is 0 Å². The standard InChI is InChI=1S/C38H21N9O11S3/c48-47(49)19-4-1-17(2-5-19)18-3-9-23-27(13-18)35-39-31(23)41-36-29-15-21(60(53,54)55)7-11-25(29)33(43-36)45-38-30-16-22(61(56,57)58)8-12-26(30)34(46-38)44-37-28-14-20(59(50,51)52)6-10-24(28)32(40-35)42-37/h1-16H,(H,50,51,52)(H,53,54,55)(H,56,57,58)(H2,39,40,41,42,43,44,45,46). The molecule has 0 atom stereocenters. The minimum absolute atomic E-state index is 0.0143. The summed E-state index contributed by atoms with van der Waals surface area (Å²) < 4.78 is 104. The third-order valence-electron chi connectivity index (χ3n) is 10.0. The molecule has 61 heavy (non-hydrogen) atoms. The number of hydrogen-bond donors (Lipinski definition) is 5. The number of H-pyrrole nitrogens is 2. The lowest BCUT2D eigenvalue weighted by Gasteiger charge is -2.03. The van der Waals surface area contributed by atoms with Gasteiger partial charge < -0.3 is 9.97 Å². The molecule has 5 heterocycles. The Bertz CT molecular complexity index is 3840. The molecule has 0 aliphatic carbocycles. The normalized spacial score (nSPS) is 12.7. The molecule has 3 aromatic heterocycles. The zero-order valence-corrected chi connectivity index (χ0v) is 32.6. The van der Waals surface area contributed by atoms with Crippen molar-refractivity contribution in [3.05, 3.63) is 107 Å². The first-order valence-electron chi connectivity index (χ1n) is 17.5. The van der Waals surface area contributed by atoms with Gasteiger partial charge in [0.15, 0.2) is 23.3 Å². The van der Waals surface area contributed by atoms with Crippen molar-refractivity contribution in [2.45, 2.75) is 14.7 Å². The van der Waals surface area contributed by atoms with Crippen LogP contribution < -0.4 is 0 Å². The van der Waals surface area contributed by atoms with E-state index in [0.717, 1.165) is 24.3 Å². The molecule has 5 aromatic carbocycles. The molecular formula is C38H21N9O11S3. The van der Waals surface area contributed by atoms with E-state index in [0.29, 0.717) is 27.3 Å². The second kappa shape index (κ2) is 13.0. The number of hydrogen-bond acceptors (Lipinski definition) is 14. The van der Waals surface area contributed by atoms with Crippen molar-refractivity contribution in [2.24, 2.45) is 0 Å². The van der Waals surface area contributed by atoms with Gasteiger partial charge in [-0.3, -0.25) is 23.8 Å². The molecule has 0 radical (unpaired) electrons. The highest BCUT2D eigenvalue weighted by molar-refractivity contribution is 7.86. The average Bonchev–Trinajstić information content (AvgIpc) is 3.94. The molecular weight excluding hydrogens is 855 g/mol. The predicted molar refractivity (Wildman–Crippen MR) is 218 cm³/mol. The van der Waals surface area contributed by atoms with Crippen molar-refractivity contribution in [1.29, 1.82) is 0 Å². The maximum atomic E-state index is 12.3. The van der Waals surface area contributed by atoms with Crippen molar-refractivity contribution in [3.63, 3.8) is 0 Å². The lowest BCUT2D eigenvalue weighted by atomic mass is 10.0. The summed E-state index contributed by atoms with van der Waals surface area (Å²) in [7, 11) is -14.2. The third-order valence-corrected chi connectivity index (χ3v) is 12.6. The van der Waals surface area contributed by atoms with Gasteiger partial charge in [0.1, 0.15) is 22.6 Å². The van der Waals surface area contributed by atoms with Crippen LogP contribution >= 0.6 is 0 Å². The molecule has 8 aromatic rings. The molecule has 0 unspecified atom stereocenters. The summed E-state index contributed by atoms with van der Waals surface area (Å²) in [6.07, 6.45) is 0. The Morgan fingerprint density at radius 1 is 0.426 bits per heavy atom. The van der Waals surface area contributed by atoms with Gasteiger partial charge in [0.2, 0.25) is 0 Å². The summed E-state index contributed by atoms with van der Waals surface area (Å²) in [6.45, 7) is 0. The quantitative estimate of drug-likeness (QED) is 0.0731. The molecule has 0 fully saturated rings. The monoisotopic (exact) mass is 875 g/mol. The van der Waals surface area contributed by atoms with E-state index in [1.807, 2.05) is 0 Å². The number of nitrogens with zero attached hydrogens (tertiary/aromatic N) is 7. The van der Waals surface area contributed by atoms with Crippen LogP contribution in [-0.2, 0) is 30.4 Å². The summed E-state index contributed by atoms with van der Waals surface area (Å²) in [5, 5.41) is 12.8. The van der Waals surface area contributed by atoms with Gasteiger partial charge in [-0.05, 0) is 90.0 Å². The highest BCUT2D eigenvalue weighted by Gasteiger charge is 2.27. The van der Waals surface area contributed by atoms with Crippen LogP contribution in [0.25, 0.3) is 101 Å². The third kappa shape index (κ3) is 6.44. The molecule has 8 bridgehead atoms. The minimum Gasteiger partial charge on any atom is -0.324 e. The van der Waals surface area contributed by atoms with Gasteiger partial charge in [-0.2, -0.15) is 25.3 Å². The Hall–Kier alpha value is -7.41. The minimum atomic E-state index is -4.73. The van der Waals surface area contributed by atoms with Gasteiger partial charge in [0.25, 0.3) is 36.0 Å². The summed E-state index contributed by atoms with van der Waals surface area (Å²) >= 11 is 0. The fourth-order valence-corrected chi connectivity index (χ4v) is 8.69. The molecule has 23 heteroatoms. The summed E-state index contributed by atoms with van der Waals surface area (Å²) in [5.74, 6) is -0.311. The Balaban J connectivity index is 1.36. The molecule has 0 saturated heterocycles. The molecule has 2 aliphatic rings. The number of rotatable bonds is 5. The number of aromatic amines is 2. The molecule has 0 amide bonds. The topological polar surface area (TPSA) is 315 Å². The van der Waals surface area contributed by atoms with Gasteiger partial charge in [0.05, 0.1) is 19.6 Å². The van der Waals surface area contributed by atoms with Crippen molar-refractivity contribution in [3.8, 4) is 56.7 Å². The molecule has 0 spiro atoms. The number of fused-ring (bicyclic) bond motifs is 20. The molecule has 302 valence electrons.